The number of ether oxygens (including phenoxy) is 1. The van der Waals surface area contributed by atoms with Crippen LogP contribution in [0.1, 0.15) is 21.5 Å². The number of carbonyl (C=O) groups is 1. The van der Waals surface area contributed by atoms with Crippen LogP contribution in [0, 0.1) is 3.57 Å². The number of carbonyl (C=O) groups excluding carboxylic acids is 1. The van der Waals surface area contributed by atoms with Crippen molar-refractivity contribution in [3.8, 4) is 0 Å². The largest absolute Gasteiger partial charge is 0.457 e. The molecule has 0 atom stereocenters. The van der Waals surface area contributed by atoms with E-state index in [2.05, 4.69) is 0 Å². The van der Waals surface area contributed by atoms with Crippen molar-refractivity contribution in [2.75, 3.05) is 0 Å². The van der Waals surface area contributed by atoms with Crippen LogP contribution in [0.3, 0.4) is 0 Å². The van der Waals surface area contributed by atoms with Crippen molar-refractivity contribution in [3.63, 3.8) is 0 Å². The van der Waals surface area contributed by atoms with Crippen LogP contribution in [0.5, 0.6) is 0 Å². The van der Waals surface area contributed by atoms with Gasteiger partial charge in [-0.2, -0.15) is 13.2 Å². The van der Waals surface area contributed by atoms with Gasteiger partial charge in [0.15, 0.2) is 0 Å². The van der Waals surface area contributed by atoms with E-state index in [9.17, 15) is 18.0 Å². The Morgan fingerprint density at radius 1 is 1.10 bits per heavy atom. The minimum absolute atomic E-state index is 0.0331. The molecule has 0 saturated heterocycles. The van der Waals surface area contributed by atoms with Crippen LogP contribution in [0.2, 0.25) is 0 Å². The van der Waals surface area contributed by atoms with E-state index in [0.29, 0.717) is 0 Å². The van der Waals surface area contributed by atoms with E-state index in [1.54, 1.807) is 34.7 Å². The van der Waals surface area contributed by atoms with Crippen molar-refractivity contribution >= 4 is 28.6 Å². The lowest BCUT2D eigenvalue weighted by molar-refractivity contribution is -0.138. The summed E-state index contributed by atoms with van der Waals surface area (Å²) >= 11 is 1.56. The molecule has 0 amide bonds. The maximum absolute atomic E-state index is 12.6. The van der Waals surface area contributed by atoms with E-state index in [1.165, 1.54) is 6.07 Å². The zero-order valence-corrected chi connectivity index (χ0v) is 12.8. The topological polar surface area (TPSA) is 26.3 Å². The highest BCUT2D eigenvalue weighted by Gasteiger charge is 2.33. The summed E-state index contributed by atoms with van der Waals surface area (Å²) in [7, 11) is 0. The molecule has 0 bridgehead atoms. The lowest BCUT2D eigenvalue weighted by Gasteiger charge is -2.10. The van der Waals surface area contributed by atoms with Gasteiger partial charge in [0, 0.05) is 3.57 Å². The Morgan fingerprint density at radius 3 is 2.33 bits per heavy atom. The highest BCUT2D eigenvalue weighted by Crippen LogP contribution is 2.33. The zero-order chi connectivity index (χ0) is 15.5. The summed E-state index contributed by atoms with van der Waals surface area (Å²) in [5.41, 5.74) is 0.151. The zero-order valence-electron chi connectivity index (χ0n) is 10.7. The van der Waals surface area contributed by atoms with Crippen LogP contribution in [0.25, 0.3) is 0 Å². The third-order valence-electron chi connectivity index (χ3n) is 2.72. The molecule has 0 aromatic heterocycles. The number of alkyl halides is 3. The van der Waals surface area contributed by atoms with Crippen molar-refractivity contribution < 1.29 is 22.7 Å². The summed E-state index contributed by atoms with van der Waals surface area (Å²) < 4.78 is 42.9. The lowest BCUT2D eigenvalue weighted by Crippen LogP contribution is -2.10. The Bertz CT molecular complexity index is 639. The number of esters is 1. The summed E-state index contributed by atoms with van der Waals surface area (Å²) in [5.74, 6) is -0.648. The van der Waals surface area contributed by atoms with E-state index in [4.69, 9.17) is 4.74 Å². The first-order chi connectivity index (χ1) is 9.88. The van der Waals surface area contributed by atoms with Crippen molar-refractivity contribution in [2.24, 2.45) is 0 Å². The van der Waals surface area contributed by atoms with Gasteiger partial charge in [0.1, 0.15) is 6.61 Å². The molecule has 0 N–H and O–H groups in total. The van der Waals surface area contributed by atoms with E-state index >= 15 is 0 Å². The van der Waals surface area contributed by atoms with Gasteiger partial charge in [-0.1, -0.05) is 30.3 Å². The second-order valence-electron chi connectivity index (χ2n) is 4.25. The first-order valence-electron chi connectivity index (χ1n) is 5.96. The second-order valence-corrected chi connectivity index (χ2v) is 5.42. The standard InChI is InChI=1S/C15H10F3IO2/c16-15(17,18)12-7-6-11(8-13(12)19)14(20)21-9-10-4-2-1-3-5-10/h1-8H,9H2. The molecule has 0 heterocycles. The minimum Gasteiger partial charge on any atom is -0.457 e. The van der Waals surface area contributed by atoms with Gasteiger partial charge in [0.2, 0.25) is 0 Å². The van der Waals surface area contributed by atoms with Gasteiger partial charge in [0.25, 0.3) is 0 Å². The molecule has 0 unspecified atom stereocenters. The van der Waals surface area contributed by atoms with Crippen LogP contribution in [-0.2, 0) is 17.5 Å². The number of rotatable bonds is 3. The van der Waals surface area contributed by atoms with Crippen LogP contribution >= 0.6 is 22.6 Å². The Kier molecular flexibility index (Phi) is 4.87. The molecule has 21 heavy (non-hydrogen) atoms. The second kappa shape index (κ2) is 6.46. The first-order valence-corrected chi connectivity index (χ1v) is 7.03. The van der Waals surface area contributed by atoms with Gasteiger partial charge in [-0.05, 0) is 46.4 Å². The van der Waals surface area contributed by atoms with Gasteiger partial charge in [-0.3, -0.25) is 0 Å². The third-order valence-corrected chi connectivity index (χ3v) is 3.62. The molecule has 2 aromatic carbocycles. The number of hydrogen-bond donors (Lipinski definition) is 0. The average molecular weight is 406 g/mol. The molecule has 2 rings (SSSR count). The van der Waals surface area contributed by atoms with Crippen molar-refractivity contribution in [3.05, 3.63) is 68.8 Å². The summed E-state index contributed by atoms with van der Waals surface area (Å²) in [6, 6.07) is 12.2. The fourth-order valence-corrected chi connectivity index (χ4v) is 2.50. The van der Waals surface area contributed by atoms with E-state index in [0.717, 1.165) is 17.7 Å². The molecule has 0 aliphatic rings. The average Bonchev–Trinajstić information content (AvgIpc) is 2.44. The number of halogens is 4. The van der Waals surface area contributed by atoms with Gasteiger partial charge < -0.3 is 4.74 Å². The van der Waals surface area contributed by atoms with E-state index in [1.807, 2.05) is 18.2 Å². The molecule has 0 aliphatic carbocycles. The highest BCUT2D eigenvalue weighted by atomic mass is 127. The Labute approximate surface area is 133 Å². The fourth-order valence-electron chi connectivity index (χ4n) is 1.68. The van der Waals surface area contributed by atoms with Crippen LogP contribution in [0.15, 0.2) is 48.5 Å². The summed E-state index contributed by atoms with van der Waals surface area (Å²) in [6.45, 7) is 0.0806. The molecular weight excluding hydrogens is 396 g/mol. The van der Waals surface area contributed by atoms with Gasteiger partial charge in [0.05, 0.1) is 11.1 Å². The molecule has 2 aromatic rings. The Balaban J connectivity index is 2.08. The molecule has 0 aliphatic heterocycles. The van der Waals surface area contributed by atoms with Gasteiger partial charge in [-0.25, -0.2) is 4.79 Å². The van der Waals surface area contributed by atoms with Crippen LogP contribution in [0.4, 0.5) is 13.2 Å². The maximum atomic E-state index is 12.6. The molecule has 0 saturated carbocycles. The maximum Gasteiger partial charge on any atom is 0.417 e. The lowest BCUT2D eigenvalue weighted by atomic mass is 10.1. The van der Waals surface area contributed by atoms with E-state index in [-0.39, 0.29) is 15.7 Å². The molecule has 2 nitrogen and oxygen atoms in total. The van der Waals surface area contributed by atoms with Crippen LogP contribution < -0.4 is 0 Å². The molecular formula is C15H10F3IO2. The quantitative estimate of drug-likeness (QED) is 0.547. The molecule has 0 fully saturated rings. The summed E-state index contributed by atoms with van der Waals surface area (Å²) in [5, 5.41) is 0. The molecule has 0 spiro atoms. The first kappa shape index (κ1) is 15.8. The Morgan fingerprint density at radius 2 is 1.76 bits per heavy atom. The predicted octanol–water partition coefficient (Wildman–Crippen LogP) is 4.67. The summed E-state index contributed by atoms with van der Waals surface area (Å²) in [6.07, 6.45) is -4.43. The smallest absolute Gasteiger partial charge is 0.417 e. The van der Waals surface area contributed by atoms with Crippen molar-refractivity contribution in [2.45, 2.75) is 12.8 Å². The minimum atomic E-state index is -4.43. The van der Waals surface area contributed by atoms with Crippen molar-refractivity contribution in [1.29, 1.82) is 0 Å². The molecule has 0 radical (unpaired) electrons. The predicted molar refractivity (Wildman–Crippen MR) is 79.7 cm³/mol. The number of benzene rings is 2. The Hall–Kier alpha value is -1.57. The number of hydrogen-bond acceptors (Lipinski definition) is 2. The monoisotopic (exact) mass is 406 g/mol. The highest BCUT2D eigenvalue weighted by molar-refractivity contribution is 14.1. The van der Waals surface area contributed by atoms with Gasteiger partial charge in [-0.15, -0.1) is 0 Å². The third kappa shape index (κ3) is 4.20. The van der Waals surface area contributed by atoms with Crippen LogP contribution in [-0.4, -0.2) is 5.97 Å². The normalized spacial score (nSPS) is 11.2. The fraction of sp³-hybridized carbons (Fsp3) is 0.133. The summed E-state index contributed by atoms with van der Waals surface area (Å²) in [4.78, 5) is 11.8. The SMILES string of the molecule is O=C(OCc1ccccc1)c1ccc(C(F)(F)F)c(I)c1. The molecule has 110 valence electrons. The van der Waals surface area contributed by atoms with Crippen molar-refractivity contribution in [1.82, 2.24) is 0 Å². The van der Waals surface area contributed by atoms with E-state index < -0.39 is 17.7 Å². The molecule has 6 heteroatoms. The van der Waals surface area contributed by atoms with Gasteiger partial charge >= 0.3 is 12.1 Å².